The number of hydrogen-bond donors (Lipinski definition) is 0. The Morgan fingerprint density at radius 2 is 2.19 bits per heavy atom. The number of carbonyl (C=O) groups excluding carboxylic acids is 1. The molecule has 0 spiro atoms. The van der Waals surface area contributed by atoms with Gasteiger partial charge in [-0.3, -0.25) is 4.79 Å². The van der Waals surface area contributed by atoms with Crippen molar-refractivity contribution in [2.24, 2.45) is 0 Å². The quantitative estimate of drug-likeness (QED) is 0.765. The summed E-state index contributed by atoms with van der Waals surface area (Å²) < 4.78 is 2.08. The monoisotopic (exact) mass is 283 g/mol. The van der Waals surface area contributed by atoms with Gasteiger partial charge in [-0.1, -0.05) is 30.3 Å². The molecule has 0 atom stereocenters. The molecule has 4 heteroatoms. The van der Waals surface area contributed by atoms with Crippen LogP contribution < -0.4 is 0 Å². The highest BCUT2D eigenvalue weighted by atomic mass is 16.2. The van der Waals surface area contributed by atoms with Gasteiger partial charge in [0.25, 0.3) is 0 Å². The summed E-state index contributed by atoms with van der Waals surface area (Å²) in [6, 6.07) is 8.30. The molecule has 0 aliphatic carbocycles. The molecule has 21 heavy (non-hydrogen) atoms. The molecule has 2 aromatic rings. The Morgan fingerprint density at radius 1 is 1.43 bits per heavy atom. The third kappa shape index (κ3) is 3.81. The predicted molar refractivity (Wildman–Crippen MR) is 83.8 cm³/mol. The number of benzene rings is 1. The molecule has 1 aromatic heterocycles. The Labute approximate surface area is 125 Å². The van der Waals surface area contributed by atoms with Crippen LogP contribution in [-0.4, -0.2) is 26.9 Å². The molecule has 1 amide bonds. The largest absolute Gasteiger partial charge is 0.332 e. The van der Waals surface area contributed by atoms with Gasteiger partial charge in [0.1, 0.15) is 5.82 Å². The Hall–Kier alpha value is -2.36. The summed E-state index contributed by atoms with van der Waals surface area (Å²) in [5.74, 6) is 0.913. The lowest BCUT2D eigenvalue weighted by Crippen LogP contribution is -2.29. The van der Waals surface area contributed by atoms with Crippen LogP contribution in [0.3, 0.4) is 0 Å². The fourth-order valence-corrected chi connectivity index (χ4v) is 2.24. The van der Waals surface area contributed by atoms with E-state index in [9.17, 15) is 4.79 Å². The molecule has 1 heterocycles. The molecule has 0 saturated carbocycles. The van der Waals surface area contributed by atoms with Crippen LogP contribution in [-0.2, 0) is 17.9 Å². The van der Waals surface area contributed by atoms with E-state index in [-0.39, 0.29) is 5.91 Å². The molecular weight excluding hydrogens is 262 g/mol. The van der Waals surface area contributed by atoms with Crippen molar-refractivity contribution in [1.82, 2.24) is 14.5 Å². The van der Waals surface area contributed by atoms with E-state index in [2.05, 4.69) is 35.2 Å². The van der Waals surface area contributed by atoms with Gasteiger partial charge in [0.05, 0.1) is 6.54 Å². The first-order valence-corrected chi connectivity index (χ1v) is 7.02. The normalized spacial score (nSPS) is 10.4. The second-order valence-electron chi connectivity index (χ2n) is 5.09. The van der Waals surface area contributed by atoms with E-state index in [0.29, 0.717) is 13.1 Å². The van der Waals surface area contributed by atoms with Crippen LogP contribution in [0.4, 0.5) is 0 Å². The van der Waals surface area contributed by atoms with Gasteiger partial charge in [0.15, 0.2) is 0 Å². The molecule has 1 aromatic carbocycles. The average Bonchev–Trinajstić information content (AvgIpc) is 2.88. The van der Waals surface area contributed by atoms with Crippen molar-refractivity contribution in [1.29, 1.82) is 0 Å². The number of rotatable bonds is 6. The van der Waals surface area contributed by atoms with E-state index >= 15 is 0 Å². The average molecular weight is 283 g/mol. The zero-order valence-corrected chi connectivity index (χ0v) is 12.6. The number of amides is 1. The molecule has 110 valence electrons. The van der Waals surface area contributed by atoms with Crippen molar-refractivity contribution < 1.29 is 4.79 Å². The van der Waals surface area contributed by atoms with Gasteiger partial charge in [-0.15, -0.1) is 6.58 Å². The predicted octanol–water partition coefficient (Wildman–Crippen LogP) is 2.77. The highest BCUT2D eigenvalue weighted by molar-refractivity contribution is 5.73. The molecule has 4 nitrogen and oxygen atoms in total. The van der Waals surface area contributed by atoms with E-state index in [4.69, 9.17) is 0 Å². The van der Waals surface area contributed by atoms with E-state index < -0.39 is 0 Å². The number of aromatic nitrogens is 2. The molecule has 0 N–H and O–H groups in total. The lowest BCUT2D eigenvalue weighted by molar-refractivity contribution is -0.129. The van der Waals surface area contributed by atoms with E-state index in [1.807, 2.05) is 18.3 Å². The van der Waals surface area contributed by atoms with E-state index in [0.717, 1.165) is 12.4 Å². The topological polar surface area (TPSA) is 38.1 Å². The van der Waals surface area contributed by atoms with Gasteiger partial charge >= 0.3 is 0 Å². The van der Waals surface area contributed by atoms with Crippen molar-refractivity contribution in [3.63, 3.8) is 0 Å². The molecule has 0 aliphatic rings. The van der Waals surface area contributed by atoms with Gasteiger partial charge in [0, 0.05) is 32.4 Å². The Bertz CT molecular complexity index is 630. The lowest BCUT2D eigenvalue weighted by atomic mass is 10.1. The summed E-state index contributed by atoms with van der Waals surface area (Å²) in [5.41, 5.74) is 2.52. The maximum Gasteiger partial charge on any atom is 0.220 e. The number of imidazole rings is 1. The SMILES string of the molecule is C=CCN(Cc1nccn1Cc1ccccc1C)C(C)=O. The molecule has 2 rings (SSSR count). The summed E-state index contributed by atoms with van der Waals surface area (Å²) in [5, 5.41) is 0. The van der Waals surface area contributed by atoms with Crippen molar-refractivity contribution in [2.75, 3.05) is 6.54 Å². The van der Waals surface area contributed by atoms with Crippen molar-refractivity contribution in [2.45, 2.75) is 26.9 Å². The summed E-state index contributed by atoms with van der Waals surface area (Å²) in [4.78, 5) is 17.7. The van der Waals surface area contributed by atoms with Crippen molar-refractivity contribution in [3.05, 3.63) is 66.3 Å². The van der Waals surface area contributed by atoms with Gasteiger partial charge in [-0.2, -0.15) is 0 Å². The van der Waals surface area contributed by atoms with E-state index in [1.54, 1.807) is 24.1 Å². The third-order valence-corrected chi connectivity index (χ3v) is 3.53. The summed E-state index contributed by atoms with van der Waals surface area (Å²) in [6.07, 6.45) is 5.46. The minimum Gasteiger partial charge on any atom is -0.332 e. The first kappa shape index (κ1) is 15.0. The van der Waals surface area contributed by atoms with Crippen molar-refractivity contribution in [3.8, 4) is 0 Å². The minimum atomic E-state index is 0.0281. The van der Waals surface area contributed by atoms with Crippen LogP contribution in [0.2, 0.25) is 0 Å². The second-order valence-corrected chi connectivity index (χ2v) is 5.09. The van der Waals surface area contributed by atoms with Crippen LogP contribution in [0.5, 0.6) is 0 Å². The summed E-state index contributed by atoms with van der Waals surface area (Å²) in [7, 11) is 0. The van der Waals surface area contributed by atoms with Crippen LogP contribution >= 0.6 is 0 Å². The number of aryl methyl sites for hydroxylation is 1. The highest BCUT2D eigenvalue weighted by Crippen LogP contribution is 2.12. The first-order valence-electron chi connectivity index (χ1n) is 7.02. The first-order chi connectivity index (χ1) is 10.1. The van der Waals surface area contributed by atoms with Gasteiger partial charge in [0.2, 0.25) is 5.91 Å². The standard InChI is InChI=1S/C17H21N3O/c1-4-10-19(15(3)21)13-17-18-9-11-20(17)12-16-8-6-5-7-14(16)2/h4-9,11H,1,10,12-13H2,2-3H3. The fraction of sp³-hybridized carbons (Fsp3) is 0.294. The minimum absolute atomic E-state index is 0.0281. The lowest BCUT2D eigenvalue weighted by Gasteiger charge is -2.19. The number of carbonyl (C=O) groups is 1. The highest BCUT2D eigenvalue weighted by Gasteiger charge is 2.12. The molecular formula is C17H21N3O. The fourth-order valence-electron chi connectivity index (χ4n) is 2.24. The maximum absolute atomic E-state index is 11.6. The zero-order chi connectivity index (χ0) is 15.2. The van der Waals surface area contributed by atoms with E-state index in [1.165, 1.54) is 11.1 Å². The van der Waals surface area contributed by atoms with Gasteiger partial charge in [-0.05, 0) is 18.1 Å². The Morgan fingerprint density at radius 3 is 2.86 bits per heavy atom. The maximum atomic E-state index is 11.6. The second kappa shape index (κ2) is 6.88. The third-order valence-electron chi connectivity index (χ3n) is 3.53. The number of hydrogen-bond acceptors (Lipinski definition) is 2. The molecule has 0 fully saturated rings. The van der Waals surface area contributed by atoms with Crippen LogP contribution in [0.1, 0.15) is 23.9 Å². The summed E-state index contributed by atoms with van der Waals surface area (Å²) in [6.45, 7) is 9.16. The molecule has 0 radical (unpaired) electrons. The molecule has 0 unspecified atom stereocenters. The zero-order valence-electron chi connectivity index (χ0n) is 12.6. The molecule has 0 bridgehead atoms. The van der Waals surface area contributed by atoms with Crippen molar-refractivity contribution >= 4 is 5.91 Å². The number of nitrogens with zero attached hydrogens (tertiary/aromatic N) is 3. The van der Waals surface area contributed by atoms with Crippen LogP contribution in [0, 0.1) is 6.92 Å². The van der Waals surface area contributed by atoms with Crippen LogP contribution in [0.15, 0.2) is 49.3 Å². The molecule has 0 saturated heterocycles. The van der Waals surface area contributed by atoms with Gasteiger partial charge < -0.3 is 9.47 Å². The molecule has 0 aliphatic heterocycles. The van der Waals surface area contributed by atoms with Crippen LogP contribution in [0.25, 0.3) is 0 Å². The smallest absolute Gasteiger partial charge is 0.220 e. The van der Waals surface area contributed by atoms with Gasteiger partial charge in [-0.25, -0.2) is 4.98 Å². The summed E-state index contributed by atoms with van der Waals surface area (Å²) >= 11 is 0. The Balaban J connectivity index is 2.17. The Kier molecular flexibility index (Phi) is 4.93.